The Labute approximate surface area is 218 Å². The summed E-state index contributed by atoms with van der Waals surface area (Å²) in [6.45, 7) is 2.59. The lowest BCUT2D eigenvalue weighted by molar-refractivity contribution is -0.175. The van der Waals surface area contributed by atoms with Gasteiger partial charge in [-0.15, -0.1) is 0 Å². The molecule has 0 aromatic carbocycles. The Balaban J connectivity index is 1.36. The maximum Gasteiger partial charge on any atom is 0.405 e. The lowest BCUT2D eigenvalue weighted by Crippen LogP contribution is -2.45. The molecule has 1 aliphatic heterocycles. The molecule has 0 spiro atoms. The standard InChI is InChI=1S/C24H32F2O11S/c1-3-8-23(9-4-5-10-23)37-22(30)18-14-11-13-17(18)21(29)36-20(13)19(14)35-16(28)7-6-15(27)34-12(2)24(25,26)38(31,32)33/h12-14,17-20H,3-11H2,1-2H3,(H,31,32,33). The van der Waals surface area contributed by atoms with Crippen LogP contribution in [0.3, 0.4) is 0 Å². The summed E-state index contributed by atoms with van der Waals surface area (Å²) >= 11 is 0. The third-order valence-corrected chi connectivity index (χ3v) is 9.30. The van der Waals surface area contributed by atoms with Crippen LogP contribution in [0.4, 0.5) is 8.78 Å². The quantitative estimate of drug-likeness (QED) is 0.222. The van der Waals surface area contributed by atoms with Crippen LogP contribution in [0, 0.1) is 23.7 Å². The van der Waals surface area contributed by atoms with E-state index in [-0.39, 0.29) is 5.92 Å². The normalized spacial score (nSPS) is 32.1. The van der Waals surface area contributed by atoms with Crippen molar-refractivity contribution in [3.05, 3.63) is 0 Å². The topological polar surface area (TPSA) is 160 Å². The summed E-state index contributed by atoms with van der Waals surface area (Å²) in [5, 5.41) is -4.73. The molecule has 38 heavy (non-hydrogen) atoms. The molecule has 0 aromatic rings. The Kier molecular flexibility index (Phi) is 7.78. The van der Waals surface area contributed by atoms with Crippen LogP contribution in [0.1, 0.15) is 71.6 Å². The second-order valence-corrected chi connectivity index (χ2v) is 12.2. The first-order valence-electron chi connectivity index (χ1n) is 12.9. The minimum Gasteiger partial charge on any atom is -0.459 e. The molecule has 4 fully saturated rings. The van der Waals surface area contributed by atoms with E-state index >= 15 is 0 Å². The molecule has 11 nitrogen and oxygen atoms in total. The minimum absolute atomic E-state index is 0.304. The van der Waals surface area contributed by atoms with E-state index in [9.17, 15) is 36.4 Å². The van der Waals surface area contributed by atoms with Gasteiger partial charge < -0.3 is 18.9 Å². The van der Waals surface area contributed by atoms with E-state index in [2.05, 4.69) is 4.74 Å². The van der Waals surface area contributed by atoms with E-state index in [1.165, 1.54) is 0 Å². The molecule has 2 bridgehead atoms. The number of carbonyl (C=O) groups is 4. The fourth-order valence-electron chi connectivity index (χ4n) is 6.58. The highest BCUT2D eigenvalue weighted by Crippen LogP contribution is 2.59. The molecule has 7 unspecified atom stereocenters. The third-order valence-electron chi connectivity index (χ3n) is 8.28. The van der Waals surface area contributed by atoms with E-state index in [0.29, 0.717) is 13.3 Å². The van der Waals surface area contributed by atoms with E-state index in [4.69, 9.17) is 18.8 Å². The first-order valence-corrected chi connectivity index (χ1v) is 14.3. The van der Waals surface area contributed by atoms with Gasteiger partial charge in [0.2, 0.25) is 0 Å². The third kappa shape index (κ3) is 5.13. The van der Waals surface area contributed by atoms with Crippen molar-refractivity contribution in [1.82, 2.24) is 0 Å². The summed E-state index contributed by atoms with van der Waals surface area (Å²) in [7, 11) is -5.82. The Hall–Kier alpha value is -2.35. The number of esters is 4. The van der Waals surface area contributed by atoms with Gasteiger partial charge in [-0.05, 0) is 45.4 Å². The second kappa shape index (κ2) is 10.3. The summed E-state index contributed by atoms with van der Waals surface area (Å²) in [6.07, 6.45) is -0.0128. The fraction of sp³-hybridized carbons (Fsp3) is 0.833. The zero-order valence-corrected chi connectivity index (χ0v) is 21.9. The Morgan fingerprint density at radius 1 is 1.16 bits per heavy atom. The molecule has 0 amide bonds. The van der Waals surface area contributed by atoms with Crippen molar-refractivity contribution >= 4 is 34.0 Å². The van der Waals surface area contributed by atoms with Gasteiger partial charge in [-0.3, -0.25) is 23.7 Å². The SMILES string of the molecule is CCCC1(OC(=O)C2C3CC4C(OC(=O)C42)C3OC(=O)CCC(=O)OC(C)C(F)(F)S(=O)(=O)O)CCCC1. The maximum atomic E-state index is 13.6. The highest BCUT2D eigenvalue weighted by Gasteiger charge is 2.70. The monoisotopic (exact) mass is 566 g/mol. The molecule has 4 rings (SSSR count). The van der Waals surface area contributed by atoms with Crippen LogP contribution in [-0.4, -0.2) is 66.0 Å². The van der Waals surface area contributed by atoms with Crippen molar-refractivity contribution < 1.29 is 59.9 Å². The van der Waals surface area contributed by atoms with Crippen molar-refractivity contribution in [2.45, 2.75) is 101 Å². The second-order valence-electron chi connectivity index (χ2n) is 10.7. The average molecular weight is 567 g/mol. The van der Waals surface area contributed by atoms with E-state index < -0.39 is 93.8 Å². The molecule has 3 saturated carbocycles. The Bertz CT molecular complexity index is 1080. The number of fused-ring (bicyclic) bond motifs is 1. The zero-order chi connectivity index (χ0) is 28.0. The van der Waals surface area contributed by atoms with Crippen molar-refractivity contribution in [3.8, 4) is 0 Å². The van der Waals surface area contributed by atoms with Crippen LogP contribution in [0.5, 0.6) is 0 Å². The molecule has 0 radical (unpaired) electrons. The summed E-state index contributed by atoms with van der Waals surface area (Å²) in [4.78, 5) is 50.3. The van der Waals surface area contributed by atoms with Gasteiger partial charge in [0.15, 0.2) is 6.10 Å². The molecular weight excluding hydrogens is 534 g/mol. The summed E-state index contributed by atoms with van der Waals surface area (Å²) in [5.41, 5.74) is -0.550. The Morgan fingerprint density at radius 2 is 1.79 bits per heavy atom. The van der Waals surface area contributed by atoms with Gasteiger partial charge in [-0.2, -0.15) is 17.2 Å². The van der Waals surface area contributed by atoms with Gasteiger partial charge in [0.25, 0.3) is 0 Å². The molecule has 4 aliphatic rings. The van der Waals surface area contributed by atoms with Gasteiger partial charge in [0, 0.05) is 11.8 Å². The van der Waals surface area contributed by atoms with Gasteiger partial charge in [0.1, 0.15) is 17.8 Å². The summed E-state index contributed by atoms with van der Waals surface area (Å²) in [6, 6.07) is 0. The van der Waals surface area contributed by atoms with Crippen LogP contribution in [0.2, 0.25) is 0 Å². The van der Waals surface area contributed by atoms with Crippen molar-refractivity contribution in [3.63, 3.8) is 0 Å². The highest BCUT2D eigenvalue weighted by molar-refractivity contribution is 7.86. The minimum atomic E-state index is -5.82. The molecule has 3 aliphatic carbocycles. The lowest BCUT2D eigenvalue weighted by Gasteiger charge is -2.34. The van der Waals surface area contributed by atoms with Crippen LogP contribution in [0.15, 0.2) is 0 Å². The molecule has 14 heteroatoms. The zero-order valence-electron chi connectivity index (χ0n) is 21.1. The largest absolute Gasteiger partial charge is 0.459 e. The average Bonchev–Trinajstić information content (AvgIpc) is 3.55. The van der Waals surface area contributed by atoms with E-state index in [1.54, 1.807) is 0 Å². The van der Waals surface area contributed by atoms with E-state index in [1.807, 2.05) is 6.92 Å². The number of hydrogen-bond acceptors (Lipinski definition) is 10. The predicted octanol–water partition coefficient (Wildman–Crippen LogP) is 2.55. The van der Waals surface area contributed by atoms with Gasteiger partial charge >= 0.3 is 39.2 Å². The van der Waals surface area contributed by atoms with Gasteiger partial charge in [-0.1, -0.05) is 13.3 Å². The van der Waals surface area contributed by atoms with Crippen molar-refractivity contribution in [1.29, 1.82) is 0 Å². The van der Waals surface area contributed by atoms with Gasteiger partial charge in [-0.25, -0.2) is 0 Å². The number of alkyl halides is 2. The number of hydrogen-bond donors (Lipinski definition) is 1. The molecule has 214 valence electrons. The fourth-order valence-corrected chi connectivity index (χ4v) is 7.05. The molecule has 7 atom stereocenters. The van der Waals surface area contributed by atoms with E-state index in [0.717, 1.165) is 38.5 Å². The van der Waals surface area contributed by atoms with Crippen LogP contribution >= 0.6 is 0 Å². The smallest absolute Gasteiger partial charge is 0.405 e. The number of rotatable bonds is 11. The van der Waals surface area contributed by atoms with Crippen LogP contribution in [-0.2, 0) is 48.2 Å². The molecule has 1 heterocycles. The highest BCUT2D eigenvalue weighted by atomic mass is 32.2. The first-order chi connectivity index (χ1) is 17.7. The summed E-state index contributed by atoms with van der Waals surface area (Å²) in [5.74, 6) is -5.51. The lowest BCUT2D eigenvalue weighted by atomic mass is 9.78. The maximum absolute atomic E-state index is 13.6. The molecule has 1 N–H and O–H groups in total. The van der Waals surface area contributed by atoms with Gasteiger partial charge in [0.05, 0.1) is 24.7 Å². The van der Waals surface area contributed by atoms with Crippen molar-refractivity contribution in [2.75, 3.05) is 0 Å². The summed E-state index contributed by atoms with van der Waals surface area (Å²) < 4.78 is 78.6. The molecule has 0 aromatic heterocycles. The number of ether oxygens (including phenoxy) is 4. The molecule has 1 saturated heterocycles. The number of carbonyl (C=O) groups excluding carboxylic acids is 4. The van der Waals surface area contributed by atoms with Crippen LogP contribution < -0.4 is 0 Å². The Morgan fingerprint density at radius 3 is 2.39 bits per heavy atom. The predicted molar refractivity (Wildman–Crippen MR) is 122 cm³/mol. The van der Waals surface area contributed by atoms with Crippen LogP contribution in [0.25, 0.3) is 0 Å². The molecular formula is C24H32F2O11S. The first kappa shape index (κ1) is 28.7. The van der Waals surface area contributed by atoms with Crippen molar-refractivity contribution in [2.24, 2.45) is 23.7 Å². The number of halogens is 2.